The van der Waals surface area contributed by atoms with Crippen LogP contribution in [0.25, 0.3) is 0 Å². The first-order valence-electron chi connectivity index (χ1n) is 8.21. The molecule has 1 saturated heterocycles. The van der Waals surface area contributed by atoms with Crippen molar-refractivity contribution in [3.8, 4) is 5.75 Å². The first-order valence-corrected chi connectivity index (χ1v) is 8.21. The van der Waals surface area contributed by atoms with Gasteiger partial charge in [-0.25, -0.2) is 0 Å². The van der Waals surface area contributed by atoms with Gasteiger partial charge in [0.05, 0.1) is 20.2 Å². The van der Waals surface area contributed by atoms with Gasteiger partial charge >= 0.3 is 0 Å². The van der Waals surface area contributed by atoms with Crippen LogP contribution in [0.15, 0.2) is 18.2 Å². The van der Waals surface area contributed by atoms with E-state index < -0.39 is 0 Å². The van der Waals surface area contributed by atoms with Gasteiger partial charge < -0.3 is 14.5 Å². The Bertz CT molecular complexity index is 439. The van der Waals surface area contributed by atoms with E-state index in [4.69, 9.17) is 4.74 Å². The Labute approximate surface area is 122 Å². The van der Waals surface area contributed by atoms with E-state index in [1.807, 2.05) is 0 Å². The molecule has 0 amide bonds. The molecule has 1 aromatic carbocycles. The Hall–Kier alpha value is -1.06. The summed E-state index contributed by atoms with van der Waals surface area (Å²) in [6, 6.07) is 6.66. The normalized spacial score (nSPS) is 25.4. The fraction of sp³-hybridized carbons (Fsp3) is 0.647. The molecule has 0 spiro atoms. The molecule has 1 heterocycles. The van der Waals surface area contributed by atoms with Crippen molar-refractivity contribution in [1.82, 2.24) is 0 Å². The standard InChI is InChI=1S/C17H26N2O/c1-18-9-11-19(12-10-18)8-3-13-20-17-7-6-15-4-2-5-16(15)14-17/h6-7,14H,2-5,8-13H2,1H3/p+2. The van der Waals surface area contributed by atoms with Gasteiger partial charge in [-0.3, -0.25) is 0 Å². The minimum Gasteiger partial charge on any atom is -0.493 e. The molecule has 0 unspecified atom stereocenters. The fourth-order valence-electron chi connectivity index (χ4n) is 3.43. The van der Waals surface area contributed by atoms with Crippen LogP contribution in [0.5, 0.6) is 5.75 Å². The maximum atomic E-state index is 5.92. The topological polar surface area (TPSA) is 18.1 Å². The highest BCUT2D eigenvalue weighted by molar-refractivity contribution is 5.38. The second kappa shape index (κ2) is 6.59. The molecule has 20 heavy (non-hydrogen) atoms. The number of likely N-dealkylation sites (N-methyl/N-ethyl adjacent to an activating group) is 1. The predicted octanol–water partition coefficient (Wildman–Crippen LogP) is -0.643. The van der Waals surface area contributed by atoms with Gasteiger partial charge in [-0.05, 0) is 42.5 Å². The molecule has 1 aliphatic heterocycles. The molecule has 2 aliphatic rings. The van der Waals surface area contributed by atoms with Gasteiger partial charge in [-0.15, -0.1) is 0 Å². The average Bonchev–Trinajstić information content (AvgIpc) is 2.93. The van der Waals surface area contributed by atoms with Gasteiger partial charge in [0.1, 0.15) is 31.9 Å². The lowest BCUT2D eigenvalue weighted by molar-refractivity contribution is -1.00. The first kappa shape index (κ1) is 13.9. The zero-order valence-corrected chi connectivity index (χ0v) is 12.7. The van der Waals surface area contributed by atoms with Crippen molar-refractivity contribution in [2.24, 2.45) is 0 Å². The zero-order valence-electron chi connectivity index (χ0n) is 12.7. The maximum Gasteiger partial charge on any atom is 0.127 e. The lowest BCUT2D eigenvalue weighted by Crippen LogP contribution is -3.27. The SMILES string of the molecule is C[NH+]1CC[NH+](CCCOc2ccc3c(c2)CCC3)CC1. The number of quaternary nitrogens is 2. The number of hydrogen-bond donors (Lipinski definition) is 2. The summed E-state index contributed by atoms with van der Waals surface area (Å²) in [4.78, 5) is 3.44. The van der Waals surface area contributed by atoms with E-state index in [1.54, 1.807) is 9.80 Å². The van der Waals surface area contributed by atoms with Crippen molar-refractivity contribution in [2.45, 2.75) is 25.7 Å². The third kappa shape index (κ3) is 3.53. The van der Waals surface area contributed by atoms with E-state index in [0.29, 0.717) is 0 Å². The Morgan fingerprint density at radius 3 is 2.70 bits per heavy atom. The van der Waals surface area contributed by atoms with Crippen molar-refractivity contribution >= 4 is 0 Å². The average molecular weight is 276 g/mol. The number of rotatable bonds is 5. The molecule has 0 radical (unpaired) electrons. The molecule has 1 aliphatic carbocycles. The summed E-state index contributed by atoms with van der Waals surface area (Å²) in [6.07, 6.45) is 4.98. The van der Waals surface area contributed by atoms with Crippen LogP contribution in [0.4, 0.5) is 0 Å². The molecular formula is C17H28N2O+2. The fourth-order valence-corrected chi connectivity index (χ4v) is 3.43. The van der Waals surface area contributed by atoms with E-state index in [-0.39, 0.29) is 0 Å². The molecule has 110 valence electrons. The number of hydrogen-bond acceptors (Lipinski definition) is 1. The molecule has 3 rings (SSSR count). The van der Waals surface area contributed by atoms with Crippen molar-refractivity contribution in [1.29, 1.82) is 0 Å². The van der Waals surface area contributed by atoms with E-state index in [2.05, 4.69) is 25.2 Å². The van der Waals surface area contributed by atoms with Crippen molar-refractivity contribution < 1.29 is 14.5 Å². The van der Waals surface area contributed by atoms with Crippen LogP contribution in [-0.2, 0) is 12.8 Å². The van der Waals surface area contributed by atoms with Crippen molar-refractivity contribution in [3.63, 3.8) is 0 Å². The summed E-state index contributed by atoms with van der Waals surface area (Å²) in [5.74, 6) is 1.07. The first-order chi connectivity index (χ1) is 9.81. The largest absolute Gasteiger partial charge is 0.493 e. The Morgan fingerprint density at radius 1 is 1.05 bits per heavy atom. The number of benzene rings is 1. The van der Waals surface area contributed by atoms with Gasteiger partial charge in [-0.2, -0.15) is 0 Å². The summed E-state index contributed by atoms with van der Waals surface area (Å²) in [5, 5.41) is 0. The second-order valence-electron chi connectivity index (χ2n) is 6.44. The van der Waals surface area contributed by atoms with Crippen LogP contribution in [0.1, 0.15) is 24.0 Å². The van der Waals surface area contributed by atoms with Crippen LogP contribution < -0.4 is 14.5 Å². The lowest BCUT2D eigenvalue weighted by atomic mass is 10.1. The second-order valence-corrected chi connectivity index (χ2v) is 6.44. The Balaban J connectivity index is 1.37. The summed E-state index contributed by atoms with van der Waals surface area (Å²) < 4.78 is 5.92. The van der Waals surface area contributed by atoms with Crippen LogP contribution in [0.2, 0.25) is 0 Å². The number of fused-ring (bicyclic) bond motifs is 1. The van der Waals surface area contributed by atoms with Gasteiger partial charge in [0.2, 0.25) is 0 Å². The number of nitrogens with one attached hydrogen (secondary N) is 2. The highest BCUT2D eigenvalue weighted by Crippen LogP contribution is 2.25. The highest BCUT2D eigenvalue weighted by atomic mass is 16.5. The Kier molecular flexibility index (Phi) is 4.58. The Morgan fingerprint density at radius 2 is 1.85 bits per heavy atom. The van der Waals surface area contributed by atoms with Gasteiger partial charge in [0, 0.05) is 6.42 Å². The molecule has 0 bridgehead atoms. The summed E-state index contributed by atoms with van der Waals surface area (Å²) in [5.41, 5.74) is 3.04. The third-order valence-corrected chi connectivity index (χ3v) is 4.82. The van der Waals surface area contributed by atoms with E-state index in [1.165, 1.54) is 69.5 Å². The van der Waals surface area contributed by atoms with E-state index >= 15 is 0 Å². The number of piperazine rings is 1. The molecule has 2 N–H and O–H groups in total. The van der Waals surface area contributed by atoms with Gasteiger partial charge in [0.15, 0.2) is 0 Å². The van der Waals surface area contributed by atoms with Crippen LogP contribution in [0.3, 0.4) is 0 Å². The van der Waals surface area contributed by atoms with Crippen LogP contribution in [0, 0.1) is 0 Å². The monoisotopic (exact) mass is 276 g/mol. The minimum atomic E-state index is 0.866. The quantitative estimate of drug-likeness (QED) is 0.685. The molecule has 3 nitrogen and oxygen atoms in total. The summed E-state index contributed by atoms with van der Waals surface area (Å²) in [7, 11) is 2.30. The van der Waals surface area contributed by atoms with E-state index in [9.17, 15) is 0 Å². The summed E-state index contributed by atoms with van der Waals surface area (Å²) in [6.45, 7) is 7.42. The molecule has 0 saturated carbocycles. The molecule has 0 aromatic heterocycles. The van der Waals surface area contributed by atoms with E-state index in [0.717, 1.165) is 12.4 Å². The molecule has 3 heteroatoms. The maximum absolute atomic E-state index is 5.92. The van der Waals surface area contributed by atoms with Crippen LogP contribution in [-0.4, -0.2) is 46.4 Å². The summed E-state index contributed by atoms with van der Waals surface area (Å²) >= 11 is 0. The molecule has 1 aromatic rings. The molecule has 0 atom stereocenters. The minimum absolute atomic E-state index is 0.866. The highest BCUT2D eigenvalue weighted by Gasteiger charge is 2.19. The third-order valence-electron chi connectivity index (χ3n) is 4.82. The van der Waals surface area contributed by atoms with Crippen molar-refractivity contribution in [2.75, 3.05) is 46.4 Å². The van der Waals surface area contributed by atoms with Gasteiger partial charge in [0.25, 0.3) is 0 Å². The smallest absolute Gasteiger partial charge is 0.127 e. The van der Waals surface area contributed by atoms with Crippen molar-refractivity contribution in [3.05, 3.63) is 29.3 Å². The molecular weight excluding hydrogens is 248 g/mol. The number of ether oxygens (including phenoxy) is 1. The number of aryl methyl sites for hydroxylation is 2. The zero-order chi connectivity index (χ0) is 13.8. The molecule has 1 fully saturated rings. The van der Waals surface area contributed by atoms with Crippen LogP contribution >= 0.6 is 0 Å². The predicted molar refractivity (Wildman–Crippen MR) is 80.8 cm³/mol. The lowest BCUT2D eigenvalue weighted by Gasteiger charge is -2.27. The van der Waals surface area contributed by atoms with Gasteiger partial charge in [-0.1, -0.05) is 6.07 Å².